The van der Waals surface area contributed by atoms with Gasteiger partial charge in [-0.3, -0.25) is 0 Å². The Kier molecular flexibility index (Phi) is 6.66. The lowest BCUT2D eigenvalue weighted by atomic mass is 10.2. The lowest BCUT2D eigenvalue weighted by Gasteiger charge is -2.16. The molecule has 8 heteroatoms. The van der Waals surface area contributed by atoms with Gasteiger partial charge in [-0.25, -0.2) is 17.9 Å². The monoisotopic (exact) mass is 404 g/mol. The maximum atomic E-state index is 12.8. The van der Waals surface area contributed by atoms with Gasteiger partial charge < -0.3 is 15.2 Å². The Morgan fingerprint density at radius 3 is 2.64 bits per heavy atom. The van der Waals surface area contributed by atoms with E-state index in [9.17, 15) is 18.3 Å². The predicted octanol–water partition coefficient (Wildman–Crippen LogP) is 2.50. The van der Waals surface area contributed by atoms with E-state index in [-0.39, 0.29) is 23.1 Å². The highest BCUT2D eigenvalue weighted by Gasteiger charge is 2.22. The fourth-order valence-electron chi connectivity index (χ4n) is 3.11. The van der Waals surface area contributed by atoms with Crippen LogP contribution in [0, 0.1) is 0 Å². The molecule has 150 valence electrons. The molecule has 0 aliphatic carbocycles. The zero-order chi connectivity index (χ0) is 20.0. The number of rotatable bonds is 9. The van der Waals surface area contributed by atoms with Crippen molar-refractivity contribution in [2.45, 2.75) is 30.3 Å². The summed E-state index contributed by atoms with van der Waals surface area (Å²) in [5, 5.41) is 12.3. The van der Waals surface area contributed by atoms with E-state index in [2.05, 4.69) is 10.0 Å². The number of hydrogen-bond donors (Lipinski definition) is 3. The Morgan fingerprint density at radius 1 is 1.18 bits per heavy atom. The largest absolute Gasteiger partial charge is 0.478 e. The molecule has 7 nitrogen and oxygen atoms in total. The minimum absolute atomic E-state index is 0.0285. The first-order chi connectivity index (χ1) is 13.5. The van der Waals surface area contributed by atoms with E-state index in [4.69, 9.17) is 4.74 Å². The lowest BCUT2D eigenvalue weighted by molar-refractivity contribution is 0.0696. The van der Waals surface area contributed by atoms with Crippen LogP contribution >= 0.6 is 0 Å². The first-order valence-electron chi connectivity index (χ1n) is 9.22. The molecule has 3 N–H and O–H groups in total. The first kappa shape index (κ1) is 20.3. The van der Waals surface area contributed by atoms with Gasteiger partial charge in [0.2, 0.25) is 10.0 Å². The minimum atomic E-state index is -3.88. The number of aromatic carboxylic acids is 1. The molecule has 28 heavy (non-hydrogen) atoms. The second-order valence-electron chi connectivity index (χ2n) is 6.67. The number of ether oxygens (including phenoxy) is 1. The molecule has 0 saturated carbocycles. The second kappa shape index (κ2) is 9.18. The SMILES string of the molecule is O=C(O)c1ccc(NC[C@@H]2CCCO2)c(S(=O)(=O)NCCc2ccccc2)c1. The average Bonchev–Trinajstić information content (AvgIpc) is 3.20. The fraction of sp³-hybridized carbons (Fsp3) is 0.350. The van der Waals surface area contributed by atoms with Crippen molar-refractivity contribution < 1.29 is 23.1 Å². The summed E-state index contributed by atoms with van der Waals surface area (Å²) in [6, 6.07) is 13.6. The van der Waals surface area contributed by atoms with Crippen LogP contribution in [0.25, 0.3) is 0 Å². The minimum Gasteiger partial charge on any atom is -0.478 e. The fourth-order valence-corrected chi connectivity index (χ4v) is 4.34. The maximum Gasteiger partial charge on any atom is 0.335 e. The van der Waals surface area contributed by atoms with Crippen LogP contribution in [0.15, 0.2) is 53.4 Å². The molecule has 3 rings (SSSR count). The van der Waals surface area contributed by atoms with Gasteiger partial charge in [0.1, 0.15) is 4.90 Å². The van der Waals surface area contributed by atoms with E-state index >= 15 is 0 Å². The van der Waals surface area contributed by atoms with Crippen molar-refractivity contribution in [3.8, 4) is 0 Å². The zero-order valence-corrected chi connectivity index (χ0v) is 16.2. The highest BCUT2D eigenvalue weighted by Crippen LogP contribution is 2.24. The van der Waals surface area contributed by atoms with Crippen LogP contribution < -0.4 is 10.0 Å². The van der Waals surface area contributed by atoms with Crippen molar-refractivity contribution in [1.29, 1.82) is 0 Å². The van der Waals surface area contributed by atoms with Gasteiger partial charge in [-0.2, -0.15) is 0 Å². The molecular weight excluding hydrogens is 380 g/mol. The van der Waals surface area contributed by atoms with E-state index in [1.807, 2.05) is 30.3 Å². The summed E-state index contributed by atoms with van der Waals surface area (Å²) in [5.41, 5.74) is 1.31. The summed E-state index contributed by atoms with van der Waals surface area (Å²) >= 11 is 0. The van der Waals surface area contributed by atoms with Gasteiger partial charge in [-0.15, -0.1) is 0 Å². The third kappa shape index (κ3) is 5.31. The Hall–Kier alpha value is -2.42. The highest BCUT2D eigenvalue weighted by atomic mass is 32.2. The molecular formula is C20H24N2O5S. The molecule has 1 atom stereocenters. The molecule has 0 spiro atoms. The van der Waals surface area contributed by atoms with Gasteiger partial charge in [-0.1, -0.05) is 30.3 Å². The van der Waals surface area contributed by atoms with Crippen LogP contribution in [-0.2, 0) is 21.2 Å². The van der Waals surface area contributed by atoms with Crippen LogP contribution in [0.3, 0.4) is 0 Å². The lowest BCUT2D eigenvalue weighted by Crippen LogP contribution is -2.28. The predicted molar refractivity (Wildman–Crippen MR) is 106 cm³/mol. The van der Waals surface area contributed by atoms with Crippen molar-refractivity contribution >= 4 is 21.7 Å². The number of hydrogen-bond acceptors (Lipinski definition) is 5. The van der Waals surface area contributed by atoms with E-state index in [1.165, 1.54) is 18.2 Å². The number of carboxylic acid groups (broad SMARTS) is 1. The number of carbonyl (C=O) groups is 1. The van der Waals surface area contributed by atoms with Gasteiger partial charge >= 0.3 is 5.97 Å². The van der Waals surface area contributed by atoms with Crippen LogP contribution in [0.1, 0.15) is 28.8 Å². The highest BCUT2D eigenvalue weighted by molar-refractivity contribution is 7.89. The van der Waals surface area contributed by atoms with Gasteiger partial charge in [0.25, 0.3) is 0 Å². The Labute approximate surface area is 164 Å². The smallest absolute Gasteiger partial charge is 0.335 e. The summed E-state index contributed by atoms with van der Waals surface area (Å²) in [5.74, 6) is -1.17. The molecule has 1 aliphatic heterocycles. The standard InChI is InChI=1S/C20H24N2O5S/c23-20(24)16-8-9-18(21-14-17-7-4-12-27-17)19(13-16)28(25,26)22-11-10-15-5-2-1-3-6-15/h1-3,5-6,8-9,13,17,21-22H,4,7,10-12,14H2,(H,23,24)/t17-/m0/s1. The summed E-state index contributed by atoms with van der Waals surface area (Å²) in [7, 11) is -3.88. The third-order valence-corrected chi connectivity index (χ3v) is 6.11. The summed E-state index contributed by atoms with van der Waals surface area (Å²) in [6.07, 6.45) is 2.46. The van der Waals surface area contributed by atoms with E-state index in [1.54, 1.807) is 0 Å². The number of anilines is 1. The van der Waals surface area contributed by atoms with Crippen LogP contribution in [-0.4, -0.2) is 45.3 Å². The molecule has 0 radical (unpaired) electrons. The summed E-state index contributed by atoms with van der Waals surface area (Å²) in [4.78, 5) is 11.2. The van der Waals surface area contributed by atoms with Crippen LogP contribution in [0.5, 0.6) is 0 Å². The number of carboxylic acids is 1. The quantitative estimate of drug-likeness (QED) is 0.593. The molecule has 1 fully saturated rings. The van der Waals surface area contributed by atoms with E-state index < -0.39 is 16.0 Å². The molecule has 0 aromatic heterocycles. The van der Waals surface area contributed by atoms with Crippen LogP contribution in [0.4, 0.5) is 5.69 Å². The Bertz CT molecular complexity index is 909. The summed E-state index contributed by atoms with van der Waals surface area (Å²) in [6.45, 7) is 1.39. The van der Waals surface area contributed by atoms with Crippen molar-refractivity contribution in [2.24, 2.45) is 0 Å². The Morgan fingerprint density at radius 2 is 1.96 bits per heavy atom. The van der Waals surface area contributed by atoms with Crippen molar-refractivity contribution in [3.63, 3.8) is 0 Å². The maximum absolute atomic E-state index is 12.8. The van der Waals surface area contributed by atoms with Crippen LogP contribution in [0.2, 0.25) is 0 Å². The van der Waals surface area contributed by atoms with Crippen molar-refractivity contribution in [1.82, 2.24) is 4.72 Å². The number of nitrogens with one attached hydrogen (secondary N) is 2. The van der Waals surface area contributed by atoms with Crippen molar-refractivity contribution in [3.05, 3.63) is 59.7 Å². The Balaban J connectivity index is 1.75. The molecule has 1 heterocycles. The molecule has 1 aliphatic rings. The number of benzene rings is 2. The molecule has 0 unspecified atom stereocenters. The van der Waals surface area contributed by atoms with Gasteiger partial charge in [0.15, 0.2) is 0 Å². The van der Waals surface area contributed by atoms with E-state index in [0.717, 1.165) is 18.4 Å². The van der Waals surface area contributed by atoms with E-state index in [0.29, 0.717) is 25.3 Å². The number of sulfonamides is 1. The van der Waals surface area contributed by atoms with Crippen molar-refractivity contribution in [2.75, 3.05) is 25.0 Å². The third-order valence-electron chi connectivity index (χ3n) is 4.61. The van der Waals surface area contributed by atoms with Gasteiger partial charge in [0, 0.05) is 19.7 Å². The first-order valence-corrected chi connectivity index (χ1v) is 10.7. The second-order valence-corrected chi connectivity index (χ2v) is 8.40. The molecule has 2 aromatic rings. The average molecular weight is 404 g/mol. The zero-order valence-electron chi connectivity index (χ0n) is 15.4. The topological polar surface area (TPSA) is 105 Å². The molecule has 0 amide bonds. The molecule has 0 bridgehead atoms. The molecule has 1 saturated heterocycles. The normalized spacial score (nSPS) is 16.8. The van der Waals surface area contributed by atoms with Gasteiger partial charge in [0.05, 0.1) is 17.4 Å². The summed E-state index contributed by atoms with van der Waals surface area (Å²) < 4.78 is 33.8. The molecule has 2 aromatic carbocycles. The van der Waals surface area contributed by atoms with Gasteiger partial charge in [-0.05, 0) is 43.0 Å².